The molecule has 6 heteroatoms. The fourth-order valence-corrected chi connectivity index (χ4v) is 3.35. The number of ether oxygens (including phenoxy) is 3. The molecule has 1 aliphatic heterocycles. The number of aliphatic imine (C=N–C) groups is 1. The van der Waals surface area contributed by atoms with Crippen molar-refractivity contribution < 1.29 is 14.2 Å². The third kappa shape index (κ3) is 4.81. The molecule has 0 bridgehead atoms. The van der Waals surface area contributed by atoms with Crippen LogP contribution < -0.4 is 20.1 Å². The lowest BCUT2D eigenvalue weighted by Crippen LogP contribution is -2.50. The molecule has 0 spiro atoms. The highest BCUT2D eigenvalue weighted by molar-refractivity contribution is 5.79. The van der Waals surface area contributed by atoms with E-state index in [2.05, 4.69) is 28.6 Å². The highest BCUT2D eigenvalue weighted by atomic mass is 16.5. The molecule has 2 fully saturated rings. The molecule has 2 aliphatic rings. The van der Waals surface area contributed by atoms with Gasteiger partial charge in [-0.05, 0) is 37.8 Å². The van der Waals surface area contributed by atoms with Gasteiger partial charge in [0.05, 0.1) is 26.4 Å². The molecule has 0 atom stereocenters. The van der Waals surface area contributed by atoms with Crippen molar-refractivity contribution in [1.29, 1.82) is 0 Å². The lowest BCUT2D eigenvalue weighted by Gasteiger charge is -2.38. The van der Waals surface area contributed by atoms with Gasteiger partial charge in [-0.3, -0.25) is 4.99 Å². The molecule has 0 amide bonds. The fraction of sp³-hybridized carbons (Fsp3) is 0.650. The van der Waals surface area contributed by atoms with Gasteiger partial charge in [-0.2, -0.15) is 0 Å². The van der Waals surface area contributed by atoms with Crippen molar-refractivity contribution in [2.24, 2.45) is 10.4 Å². The third-order valence-corrected chi connectivity index (χ3v) is 5.12. The second kappa shape index (κ2) is 8.62. The quantitative estimate of drug-likeness (QED) is 0.577. The Bertz CT molecular complexity index is 623. The Hall–Kier alpha value is -1.95. The van der Waals surface area contributed by atoms with Crippen LogP contribution in [0.2, 0.25) is 0 Å². The first-order valence-electron chi connectivity index (χ1n) is 9.48. The largest absolute Gasteiger partial charge is 0.497 e. The first-order chi connectivity index (χ1) is 12.6. The minimum absolute atomic E-state index is 0.203. The minimum Gasteiger partial charge on any atom is -0.497 e. The molecule has 0 aromatic heterocycles. The molecule has 2 N–H and O–H groups in total. The molecule has 1 aromatic carbocycles. The van der Waals surface area contributed by atoms with Gasteiger partial charge in [-0.25, -0.2) is 0 Å². The van der Waals surface area contributed by atoms with E-state index in [1.807, 2.05) is 12.1 Å². The van der Waals surface area contributed by atoms with E-state index >= 15 is 0 Å². The number of methoxy groups -OCH3 is 1. The zero-order valence-corrected chi connectivity index (χ0v) is 16.1. The Morgan fingerprint density at radius 3 is 2.65 bits per heavy atom. The standard InChI is InChI=1S/C20H31N3O3/c1-20(13-25-14-20)12-23-19(21-2)22-11-15-8-9-17(24-3)10-18(15)26-16-6-4-5-7-16/h8-10,16H,4-7,11-14H2,1-3H3,(H2,21,22,23). The summed E-state index contributed by atoms with van der Waals surface area (Å²) >= 11 is 0. The first kappa shape index (κ1) is 18.8. The number of nitrogens with zero attached hydrogens (tertiary/aromatic N) is 1. The zero-order chi connectivity index (χ0) is 18.4. The summed E-state index contributed by atoms with van der Waals surface area (Å²) in [5.41, 5.74) is 1.31. The molecular formula is C20H31N3O3. The van der Waals surface area contributed by atoms with Crippen LogP contribution >= 0.6 is 0 Å². The van der Waals surface area contributed by atoms with Gasteiger partial charge >= 0.3 is 0 Å². The van der Waals surface area contributed by atoms with Crippen molar-refractivity contribution in [3.63, 3.8) is 0 Å². The van der Waals surface area contributed by atoms with Crippen LogP contribution in [0.4, 0.5) is 0 Å². The van der Waals surface area contributed by atoms with Crippen LogP contribution in [-0.2, 0) is 11.3 Å². The number of hydrogen-bond donors (Lipinski definition) is 2. The van der Waals surface area contributed by atoms with Crippen molar-refractivity contribution in [1.82, 2.24) is 10.6 Å². The lowest BCUT2D eigenvalue weighted by molar-refractivity contribution is -0.0971. The normalized spacial score (nSPS) is 19.7. The molecule has 3 rings (SSSR count). The third-order valence-electron chi connectivity index (χ3n) is 5.12. The van der Waals surface area contributed by atoms with Crippen LogP contribution in [0.25, 0.3) is 0 Å². The monoisotopic (exact) mass is 361 g/mol. The topological polar surface area (TPSA) is 64.1 Å². The van der Waals surface area contributed by atoms with E-state index in [0.717, 1.165) is 55.6 Å². The van der Waals surface area contributed by atoms with Crippen molar-refractivity contribution >= 4 is 5.96 Å². The number of guanidine groups is 1. The van der Waals surface area contributed by atoms with Gasteiger partial charge in [0.15, 0.2) is 5.96 Å². The maximum Gasteiger partial charge on any atom is 0.191 e. The van der Waals surface area contributed by atoms with Crippen molar-refractivity contribution in [2.75, 3.05) is 33.9 Å². The molecule has 1 saturated heterocycles. The number of nitrogens with one attached hydrogen (secondary N) is 2. The molecule has 1 saturated carbocycles. The summed E-state index contributed by atoms with van der Waals surface area (Å²) in [5.74, 6) is 2.52. The van der Waals surface area contributed by atoms with E-state index in [1.54, 1.807) is 14.2 Å². The van der Waals surface area contributed by atoms with Gasteiger partial charge in [-0.15, -0.1) is 0 Å². The average molecular weight is 361 g/mol. The van der Waals surface area contributed by atoms with E-state index < -0.39 is 0 Å². The number of hydrogen-bond acceptors (Lipinski definition) is 4. The van der Waals surface area contributed by atoms with Crippen molar-refractivity contribution in [3.8, 4) is 11.5 Å². The Kier molecular flexibility index (Phi) is 6.25. The second-order valence-electron chi connectivity index (χ2n) is 7.58. The van der Waals surface area contributed by atoms with E-state index in [0.29, 0.717) is 12.6 Å². The smallest absolute Gasteiger partial charge is 0.191 e. The van der Waals surface area contributed by atoms with Crippen LogP contribution in [-0.4, -0.2) is 46.0 Å². The summed E-state index contributed by atoms with van der Waals surface area (Å²) in [5, 5.41) is 6.78. The van der Waals surface area contributed by atoms with Gasteiger partial charge < -0.3 is 24.8 Å². The minimum atomic E-state index is 0.203. The van der Waals surface area contributed by atoms with E-state index in [9.17, 15) is 0 Å². The van der Waals surface area contributed by atoms with Crippen molar-refractivity contribution in [3.05, 3.63) is 23.8 Å². The van der Waals surface area contributed by atoms with Gasteiger partial charge in [0.2, 0.25) is 0 Å². The van der Waals surface area contributed by atoms with Crippen molar-refractivity contribution in [2.45, 2.75) is 45.3 Å². The Morgan fingerprint density at radius 2 is 2.04 bits per heavy atom. The maximum atomic E-state index is 6.26. The van der Waals surface area contributed by atoms with E-state index in [-0.39, 0.29) is 5.41 Å². The predicted molar refractivity (Wildman–Crippen MR) is 103 cm³/mol. The number of benzene rings is 1. The summed E-state index contributed by atoms with van der Waals surface area (Å²) in [7, 11) is 3.47. The lowest BCUT2D eigenvalue weighted by atomic mass is 9.89. The summed E-state index contributed by atoms with van der Waals surface area (Å²) in [6.07, 6.45) is 5.08. The van der Waals surface area contributed by atoms with Crippen LogP contribution in [0.1, 0.15) is 38.2 Å². The molecule has 6 nitrogen and oxygen atoms in total. The molecule has 0 unspecified atom stereocenters. The molecule has 1 heterocycles. The molecule has 1 aliphatic carbocycles. The van der Waals surface area contributed by atoms with Crippen LogP contribution in [0.5, 0.6) is 11.5 Å². The zero-order valence-electron chi connectivity index (χ0n) is 16.1. The van der Waals surface area contributed by atoms with Crippen LogP contribution in [0, 0.1) is 5.41 Å². The first-order valence-corrected chi connectivity index (χ1v) is 9.48. The van der Waals surface area contributed by atoms with Gasteiger partial charge in [0.25, 0.3) is 0 Å². The predicted octanol–water partition coefficient (Wildman–Crippen LogP) is 2.72. The maximum absolute atomic E-state index is 6.26. The van der Waals surface area contributed by atoms with Gasteiger partial charge in [-0.1, -0.05) is 6.92 Å². The summed E-state index contributed by atoms with van der Waals surface area (Å²) in [6.45, 7) is 5.32. The highest BCUT2D eigenvalue weighted by Crippen LogP contribution is 2.30. The molecular weight excluding hydrogens is 330 g/mol. The summed E-state index contributed by atoms with van der Waals surface area (Å²) in [4.78, 5) is 4.32. The summed E-state index contributed by atoms with van der Waals surface area (Å²) < 4.78 is 16.9. The Balaban J connectivity index is 1.59. The number of rotatable bonds is 7. The van der Waals surface area contributed by atoms with E-state index in [4.69, 9.17) is 14.2 Å². The molecule has 1 aromatic rings. The fourth-order valence-electron chi connectivity index (χ4n) is 3.35. The Labute approximate surface area is 156 Å². The molecule has 0 radical (unpaired) electrons. The van der Waals surface area contributed by atoms with Gasteiger partial charge in [0.1, 0.15) is 11.5 Å². The van der Waals surface area contributed by atoms with Crippen LogP contribution in [0.3, 0.4) is 0 Å². The molecule has 26 heavy (non-hydrogen) atoms. The Morgan fingerprint density at radius 1 is 1.27 bits per heavy atom. The highest BCUT2D eigenvalue weighted by Gasteiger charge is 2.33. The SMILES string of the molecule is CN=C(NCc1ccc(OC)cc1OC1CCCC1)NCC1(C)COC1. The van der Waals surface area contributed by atoms with Gasteiger partial charge in [0, 0.05) is 37.2 Å². The summed E-state index contributed by atoms with van der Waals surface area (Å²) in [6, 6.07) is 6.02. The van der Waals surface area contributed by atoms with E-state index in [1.165, 1.54) is 12.8 Å². The second-order valence-corrected chi connectivity index (χ2v) is 7.58. The van der Waals surface area contributed by atoms with Crippen LogP contribution in [0.15, 0.2) is 23.2 Å². The molecule has 144 valence electrons. The average Bonchev–Trinajstić information content (AvgIpc) is 3.14.